The lowest BCUT2D eigenvalue weighted by Crippen LogP contribution is -2.42. The van der Waals surface area contributed by atoms with Crippen LogP contribution in [0.1, 0.15) is 45.5 Å². The van der Waals surface area contributed by atoms with E-state index in [-0.39, 0.29) is 23.9 Å². The topological polar surface area (TPSA) is 43.8 Å². The summed E-state index contributed by atoms with van der Waals surface area (Å²) >= 11 is 1.74. The van der Waals surface area contributed by atoms with Crippen LogP contribution < -0.4 is 5.46 Å². The van der Waals surface area contributed by atoms with Gasteiger partial charge in [0.05, 0.1) is 21.4 Å². The van der Waals surface area contributed by atoms with E-state index in [9.17, 15) is 0 Å². The summed E-state index contributed by atoms with van der Waals surface area (Å²) in [5, 5.41) is 1.08. The van der Waals surface area contributed by atoms with E-state index in [2.05, 4.69) is 57.8 Å². The fourth-order valence-electron chi connectivity index (χ4n) is 3.75. The number of methoxy groups -OCH3 is 1. The van der Waals surface area contributed by atoms with Gasteiger partial charge in [-0.25, -0.2) is 4.98 Å². The molecule has 27 heavy (non-hydrogen) atoms. The normalized spacial score (nSPS) is 24.6. The van der Waals surface area contributed by atoms with Crippen molar-refractivity contribution in [2.24, 2.45) is 0 Å². The zero-order valence-electron chi connectivity index (χ0n) is 17.2. The zero-order chi connectivity index (χ0) is 19.4. The average molecular weight is 388 g/mol. The molecule has 0 N–H and O–H groups in total. The largest absolute Gasteiger partial charge is 0.494 e. The van der Waals surface area contributed by atoms with Crippen LogP contribution in [0, 0.1) is 0 Å². The van der Waals surface area contributed by atoms with Crippen molar-refractivity contribution in [3.05, 3.63) is 23.2 Å². The van der Waals surface area contributed by atoms with Crippen LogP contribution in [0.3, 0.4) is 0 Å². The minimum atomic E-state index is -0.357. The smallest absolute Gasteiger partial charge is 0.399 e. The van der Waals surface area contributed by atoms with Gasteiger partial charge < -0.3 is 18.9 Å². The molecule has 0 spiro atoms. The third-order valence-corrected chi connectivity index (χ3v) is 7.73. The number of nitrogens with zero attached hydrogens (tertiary/aromatic N) is 2. The van der Waals surface area contributed by atoms with Crippen LogP contribution in [0.4, 0.5) is 0 Å². The minimum Gasteiger partial charge on any atom is -0.399 e. The molecule has 7 heteroatoms. The van der Waals surface area contributed by atoms with E-state index in [1.54, 1.807) is 11.3 Å². The summed E-state index contributed by atoms with van der Waals surface area (Å²) in [5.74, 6) is 0. The van der Waals surface area contributed by atoms with Crippen molar-refractivity contribution in [2.45, 2.75) is 57.3 Å². The van der Waals surface area contributed by atoms with Gasteiger partial charge in [-0.3, -0.25) is 0 Å². The molecule has 3 heterocycles. The van der Waals surface area contributed by atoms with Crippen molar-refractivity contribution in [1.82, 2.24) is 9.88 Å². The molecule has 2 fully saturated rings. The molecule has 0 atom stereocenters. The second-order valence-electron chi connectivity index (χ2n) is 8.84. The Balaban J connectivity index is 1.65. The number of benzene rings is 1. The van der Waals surface area contributed by atoms with Gasteiger partial charge in [-0.15, -0.1) is 11.3 Å². The predicted molar refractivity (Wildman–Crippen MR) is 111 cm³/mol. The van der Waals surface area contributed by atoms with Gasteiger partial charge in [0.1, 0.15) is 10.6 Å². The highest BCUT2D eigenvalue weighted by molar-refractivity contribution is 7.18. The van der Waals surface area contributed by atoms with Crippen molar-refractivity contribution in [3.8, 4) is 0 Å². The first-order valence-corrected chi connectivity index (χ1v) is 10.5. The van der Waals surface area contributed by atoms with Crippen LogP contribution in [0.2, 0.25) is 0 Å². The predicted octanol–water partition coefficient (Wildman–Crippen LogP) is 3.16. The van der Waals surface area contributed by atoms with E-state index in [4.69, 9.17) is 19.0 Å². The van der Waals surface area contributed by atoms with E-state index in [1.165, 1.54) is 4.70 Å². The average Bonchev–Trinajstić information content (AvgIpc) is 3.14. The standard InChI is InChI=1S/C20H29BN2O3S/c1-18(2)19(3,4)26-21(25-18)14-7-8-16-15(13-14)22-17(27-16)20(24-6)9-11-23(5)12-10-20/h7-8,13H,9-12H2,1-6H3. The van der Waals surface area contributed by atoms with Crippen LogP contribution in [0.15, 0.2) is 18.2 Å². The molecule has 1 aromatic carbocycles. The summed E-state index contributed by atoms with van der Waals surface area (Å²) in [4.78, 5) is 7.32. The lowest BCUT2D eigenvalue weighted by atomic mass is 9.79. The molecule has 0 aliphatic carbocycles. The third-order valence-electron chi connectivity index (χ3n) is 6.51. The van der Waals surface area contributed by atoms with E-state index in [1.807, 2.05) is 7.11 Å². The summed E-state index contributed by atoms with van der Waals surface area (Å²) in [6.45, 7) is 10.4. The highest BCUT2D eigenvalue weighted by atomic mass is 32.1. The molecular weight excluding hydrogens is 359 g/mol. The van der Waals surface area contributed by atoms with Gasteiger partial charge in [-0.1, -0.05) is 6.07 Å². The summed E-state index contributed by atoms with van der Waals surface area (Å²) in [6.07, 6.45) is 1.95. The highest BCUT2D eigenvalue weighted by Gasteiger charge is 2.51. The Hall–Kier alpha value is -0.985. The maximum Gasteiger partial charge on any atom is 0.494 e. The molecule has 1 aromatic heterocycles. The number of thiazole rings is 1. The number of likely N-dealkylation sites (tertiary alicyclic amines) is 1. The quantitative estimate of drug-likeness (QED) is 0.756. The van der Waals surface area contributed by atoms with Gasteiger partial charge in [0.25, 0.3) is 0 Å². The first kappa shape index (κ1) is 19.3. The fraction of sp³-hybridized carbons (Fsp3) is 0.650. The molecule has 0 radical (unpaired) electrons. The molecule has 0 unspecified atom stereocenters. The second-order valence-corrected chi connectivity index (χ2v) is 9.87. The molecule has 5 nitrogen and oxygen atoms in total. The third kappa shape index (κ3) is 3.23. The van der Waals surface area contributed by atoms with Crippen LogP contribution in [0.25, 0.3) is 10.2 Å². The van der Waals surface area contributed by atoms with Gasteiger partial charge in [0, 0.05) is 20.2 Å². The Morgan fingerprint density at radius 1 is 1.11 bits per heavy atom. The summed E-state index contributed by atoms with van der Waals surface area (Å²) < 4.78 is 19.6. The Labute approximate surface area is 166 Å². The second kappa shape index (κ2) is 6.53. The molecule has 0 amide bonds. The molecular formula is C20H29BN2O3S. The number of rotatable bonds is 3. The molecule has 0 bridgehead atoms. The fourth-order valence-corrected chi connectivity index (χ4v) is 4.92. The number of aromatic nitrogens is 1. The van der Waals surface area contributed by atoms with Crippen LogP contribution >= 0.6 is 11.3 Å². The Morgan fingerprint density at radius 2 is 1.74 bits per heavy atom. The monoisotopic (exact) mass is 388 g/mol. The van der Waals surface area contributed by atoms with Crippen molar-refractivity contribution < 1.29 is 14.0 Å². The molecule has 0 saturated carbocycles. The lowest BCUT2D eigenvalue weighted by Gasteiger charge is -2.38. The van der Waals surface area contributed by atoms with E-state index in [0.29, 0.717) is 0 Å². The van der Waals surface area contributed by atoms with Crippen molar-refractivity contribution >= 4 is 34.1 Å². The highest BCUT2D eigenvalue weighted by Crippen LogP contribution is 2.40. The van der Waals surface area contributed by atoms with Crippen molar-refractivity contribution in [1.29, 1.82) is 0 Å². The number of fused-ring (bicyclic) bond motifs is 1. The Bertz CT molecular complexity index is 827. The van der Waals surface area contributed by atoms with Gasteiger partial charge in [-0.2, -0.15) is 0 Å². The zero-order valence-corrected chi connectivity index (χ0v) is 18.0. The summed E-state index contributed by atoms with van der Waals surface area (Å²) in [5.41, 5.74) is 1.08. The first-order chi connectivity index (χ1) is 12.7. The number of ether oxygens (including phenoxy) is 1. The lowest BCUT2D eigenvalue weighted by molar-refractivity contribution is -0.0584. The number of hydrogen-bond donors (Lipinski definition) is 0. The first-order valence-electron chi connectivity index (χ1n) is 9.66. The van der Waals surface area contributed by atoms with Crippen molar-refractivity contribution in [3.63, 3.8) is 0 Å². The molecule has 2 aliphatic heterocycles. The summed E-state index contributed by atoms with van der Waals surface area (Å²) in [7, 11) is 3.62. The van der Waals surface area contributed by atoms with Gasteiger partial charge in [-0.05, 0) is 65.2 Å². The molecule has 146 valence electrons. The molecule has 4 rings (SSSR count). The maximum absolute atomic E-state index is 6.20. The van der Waals surface area contributed by atoms with Gasteiger partial charge in [0.2, 0.25) is 0 Å². The van der Waals surface area contributed by atoms with Crippen LogP contribution in [-0.4, -0.2) is 55.5 Å². The van der Waals surface area contributed by atoms with Crippen LogP contribution in [0.5, 0.6) is 0 Å². The molecule has 2 saturated heterocycles. The number of hydrogen-bond acceptors (Lipinski definition) is 6. The molecule has 2 aliphatic rings. The van der Waals surface area contributed by atoms with Crippen LogP contribution in [-0.2, 0) is 19.6 Å². The van der Waals surface area contributed by atoms with E-state index >= 15 is 0 Å². The van der Waals surface area contributed by atoms with Gasteiger partial charge >= 0.3 is 7.12 Å². The number of piperidine rings is 1. The molecule has 2 aromatic rings. The van der Waals surface area contributed by atoms with Gasteiger partial charge in [0.15, 0.2) is 0 Å². The minimum absolute atomic E-state index is 0.263. The maximum atomic E-state index is 6.20. The summed E-state index contributed by atoms with van der Waals surface area (Å²) in [6, 6.07) is 6.34. The van der Waals surface area contributed by atoms with Crippen molar-refractivity contribution in [2.75, 3.05) is 27.2 Å². The SMILES string of the molecule is COC1(c2nc3cc(B4OC(C)(C)C(C)(C)O4)ccc3s2)CCN(C)CC1. The van der Waals surface area contributed by atoms with E-state index in [0.717, 1.165) is 41.9 Å². The Kier molecular flexibility index (Phi) is 4.67. The Morgan fingerprint density at radius 3 is 2.33 bits per heavy atom. The van der Waals surface area contributed by atoms with E-state index < -0.39 is 0 Å².